The average molecular weight is 178 g/mol. The number of benzene rings is 1. The number of nitrogens with two attached hydrogens (primary N) is 1. The van der Waals surface area contributed by atoms with Gasteiger partial charge in [0.1, 0.15) is 5.40 Å². The van der Waals surface area contributed by atoms with Gasteiger partial charge in [-0.3, -0.25) is 4.79 Å². The highest BCUT2D eigenvalue weighted by atomic mass is 32.2. The Kier molecular flexibility index (Phi) is 2.72. The highest BCUT2D eigenvalue weighted by Gasteiger charge is 1.98. The second-order valence-electron chi connectivity index (χ2n) is 2.08. The number of amides is 1. The van der Waals surface area contributed by atoms with Gasteiger partial charge in [0.25, 0.3) is 0 Å². The molecular formula is C8H6N2OS. The smallest absolute Gasteiger partial charge is 0.248 e. The molecule has 12 heavy (non-hydrogen) atoms. The van der Waals surface area contributed by atoms with E-state index in [1.807, 2.05) is 5.40 Å². The second kappa shape index (κ2) is 3.79. The van der Waals surface area contributed by atoms with Crippen molar-refractivity contribution in [2.24, 2.45) is 5.73 Å². The van der Waals surface area contributed by atoms with Crippen LogP contribution in [-0.2, 0) is 0 Å². The number of primary amides is 1. The fourth-order valence-corrected chi connectivity index (χ4v) is 1.12. The molecule has 0 aliphatic rings. The van der Waals surface area contributed by atoms with Gasteiger partial charge in [0.05, 0.1) is 0 Å². The van der Waals surface area contributed by atoms with Crippen molar-refractivity contribution in [3.63, 3.8) is 0 Å². The van der Waals surface area contributed by atoms with E-state index < -0.39 is 5.91 Å². The zero-order valence-electron chi connectivity index (χ0n) is 6.15. The molecule has 1 aromatic rings. The number of thioether (sulfide) groups is 1. The van der Waals surface area contributed by atoms with Crippen molar-refractivity contribution in [1.82, 2.24) is 0 Å². The highest BCUT2D eigenvalue weighted by molar-refractivity contribution is 8.03. The molecule has 0 aliphatic heterocycles. The minimum Gasteiger partial charge on any atom is -0.366 e. The minimum atomic E-state index is -0.455. The summed E-state index contributed by atoms with van der Waals surface area (Å²) in [6.07, 6.45) is 0. The SMILES string of the molecule is N#CSc1ccc(C(N)=O)cc1. The first kappa shape index (κ1) is 8.62. The summed E-state index contributed by atoms with van der Waals surface area (Å²) < 4.78 is 0. The van der Waals surface area contributed by atoms with Gasteiger partial charge in [-0.2, -0.15) is 5.26 Å². The molecule has 4 heteroatoms. The number of carbonyl (C=O) groups is 1. The van der Waals surface area contributed by atoms with Crippen molar-refractivity contribution in [2.75, 3.05) is 0 Å². The Morgan fingerprint density at radius 3 is 2.42 bits per heavy atom. The number of nitriles is 1. The van der Waals surface area contributed by atoms with Crippen molar-refractivity contribution in [3.8, 4) is 5.40 Å². The zero-order valence-corrected chi connectivity index (χ0v) is 6.97. The summed E-state index contributed by atoms with van der Waals surface area (Å²) in [5.74, 6) is -0.455. The van der Waals surface area contributed by atoms with E-state index in [9.17, 15) is 4.79 Å². The molecule has 0 bridgehead atoms. The van der Waals surface area contributed by atoms with Crippen molar-refractivity contribution >= 4 is 17.7 Å². The largest absolute Gasteiger partial charge is 0.366 e. The maximum absolute atomic E-state index is 10.6. The van der Waals surface area contributed by atoms with Gasteiger partial charge in [0.15, 0.2) is 0 Å². The van der Waals surface area contributed by atoms with Gasteiger partial charge in [-0.25, -0.2) is 0 Å². The van der Waals surface area contributed by atoms with Crippen molar-refractivity contribution < 1.29 is 4.79 Å². The Bertz CT molecular complexity index is 326. The standard InChI is InChI=1S/C8H6N2OS/c9-5-12-7-3-1-6(2-4-7)8(10)11/h1-4H,(H2,10,11). The molecule has 0 saturated heterocycles. The van der Waals surface area contributed by atoms with Crippen LogP contribution in [-0.4, -0.2) is 5.91 Å². The molecule has 0 saturated carbocycles. The summed E-state index contributed by atoms with van der Waals surface area (Å²) in [6.45, 7) is 0. The molecule has 0 aliphatic carbocycles. The predicted octanol–water partition coefficient (Wildman–Crippen LogP) is 1.36. The van der Waals surface area contributed by atoms with Gasteiger partial charge in [0.2, 0.25) is 5.91 Å². The number of hydrogen-bond acceptors (Lipinski definition) is 3. The third kappa shape index (κ3) is 2.01. The Morgan fingerprint density at radius 2 is 2.00 bits per heavy atom. The summed E-state index contributed by atoms with van der Waals surface area (Å²) >= 11 is 1.05. The Labute approximate surface area is 74.2 Å². The van der Waals surface area contributed by atoms with Crippen molar-refractivity contribution in [3.05, 3.63) is 29.8 Å². The quantitative estimate of drug-likeness (QED) is 0.549. The van der Waals surface area contributed by atoms with E-state index in [1.165, 1.54) is 0 Å². The van der Waals surface area contributed by atoms with E-state index in [4.69, 9.17) is 11.0 Å². The van der Waals surface area contributed by atoms with E-state index in [1.54, 1.807) is 24.3 Å². The van der Waals surface area contributed by atoms with E-state index in [0.717, 1.165) is 16.7 Å². The van der Waals surface area contributed by atoms with E-state index in [-0.39, 0.29) is 0 Å². The van der Waals surface area contributed by atoms with Crippen LogP contribution in [0.2, 0.25) is 0 Å². The van der Waals surface area contributed by atoms with Crippen molar-refractivity contribution in [2.45, 2.75) is 4.90 Å². The first-order chi connectivity index (χ1) is 5.74. The minimum absolute atomic E-state index is 0.455. The van der Waals surface area contributed by atoms with Crippen LogP contribution in [0.1, 0.15) is 10.4 Å². The van der Waals surface area contributed by atoms with E-state index >= 15 is 0 Å². The Morgan fingerprint density at radius 1 is 1.42 bits per heavy atom. The molecule has 0 aromatic heterocycles. The molecule has 1 rings (SSSR count). The van der Waals surface area contributed by atoms with Crippen molar-refractivity contribution in [1.29, 1.82) is 5.26 Å². The lowest BCUT2D eigenvalue weighted by molar-refractivity contribution is 0.100. The molecule has 0 fully saturated rings. The topological polar surface area (TPSA) is 66.9 Å². The molecule has 0 heterocycles. The fraction of sp³-hybridized carbons (Fsp3) is 0. The first-order valence-electron chi connectivity index (χ1n) is 3.20. The normalized spacial score (nSPS) is 8.92. The maximum Gasteiger partial charge on any atom is 0.248 e. The molecule has 0 unspecified atom stereocenters. The molecule has 0 radical (unpaired) electrons. The molecule has 0 atom stereocenters. The molecule has 1 amide bonds. The van der Waals surface area contributed by atoms with Crippen LogP contribution >= 0.6 is 11.8 Å². The van der Waals surface area contributed by atoms with Gasteiger partial charge in [0, 0.05) is 10.5 Å². The number of thiocyanates is 1. The fourth-order valence-electron chi connectivity index (χ4n) is 0.740. The van der Waals surface area contributed by atoms with Crippen LogP contribution < -0.4 is 5.73 Å². The summed E-state index contributed by atoms with van der Waals surface area (Å²) in [7, 11) is 0. The zero-order chi connectivity index (χ0) is 8.97. The van der Waals surface area contributed by atoms with Crippen LogP contribution in [0.3, 0.4) is 0 Å². The van der Waals surface area contributed by atoms with Crippen LogP contribution in [0.4, 0.5) is 0 Å². The van der Waals surface area contributed by atoms with Crippen LogP contribution in [0.25, 0.3) is 0 Å². The molecule has 60 valence electrons. The summed E-state index contributed by atoms with van der Waals surface area (Å²) in [4.78, 5) is 11.4. The maximum atomic E-state index is 10.6. The highest BCUT2D eigenvalue weighted by Crippen LogP contribution is 2.16. The molecule has 3 nitrogen and oxygen atoms in total. The summed E-state index contributed by atoms with van der Waals surface area (Å²) in [5, 5.41) is 10.3. The molecule has 2 N–H and O–H groups in total. The summed E-state index contributed by atoms with van der Waals surface area (Å²) in [5.41, 5.74) is 5.48. The molecular weight excluding hydrogens is 172 g/mol. The average Bonchev–Trinajstić information content (AvgIpc) is 2.06. The lowest BCUT2D eigenvalue weighted by atomic mass is 10.2. The second-order valence-corrected chi connectivity index (χ2v) is 2.94. The third-order valence-corrected chi connectivity index (χ3v) is 1.90. The lowest BCUT2D eigenvalue weighted by Crippen LogP contribution is -2.10. The van der Waals surface area contributed by atoms with Gasteiger partial charge in [-0.1, -0.05) is 0 Å². The number of carbonyl (C=O) groups excluding carboxylic acids is 1. The number of nitrogens with zero attached hydrogens (tertiary/aromatic N) is 1. The summed E-state index contributed by atoms with van der Waals surface area (Å²) in [6, 6.07) is 6.58. The predicted molar refractivity (Wildman–Crippen MR) is 46.4 cm³/mol. The molecule has 1 aromatic carbocycles. The Balaban J connectivity index is 2.87. The number of rotatable bonds is 2. The monoisotopic (exact) mass is 178 g/mol. The van der Waals surface area contributed by atoms with Crippen LogP contribution in [0, 0.1) is 10.7 Å². The van der Waals surface area contributed by atoms with Gasteiger partial charge in [-0.05, 0) is 36.0 Å². The van der Waals surface area contributed by atoms with E-state index in [0.29, 0.717) is 5.56 Å². The van der Waals surface area contributed by atoms with Crippen LogP contribution in [0.15, 0.2) is 29.2 Å². The van der Waals surface area contributed by atoms with Gasteiger partial charge >= 0.3 is 0 Å². The van der Waals surface area contributed by atoms with Crippen LogP contribution in [0.5, 0.6) is 0 Å². The van der Waals surface area contributed by atoms with E-state index in [2.05, 4.69) is 0 Å². The molecule has 0 spiro atoms. The first-order valence-corrected chi connectivity index (χ1v) is 4.01. The Hall–Kier alpha value is -1.47. The van der Waals surface area contributed by atoms with Gasteiger partial charge < -0.3 is 5.73 Å². The third-order valence-electron chi connectivity index (χ3n) is 1.30. The van der Waals surface area contributed by atoms with Gasteiger partial charge in [-0.15, -0.1) is 0 Å². The number of hydrogen-bond donors (Lipinski definition) is 1. The lowest BCUT2D eigenvalue weighted by Gasteiger charge is -1.95.